The van der Waals surface area contributed by atoms with Crippen LogP contribution in [0.5, 0.6) is 0 Å². The first-order valence-electron chi connectivity index (χ1n) is 8.47. The average Bonchev–Trinajstić information content (AvgIpc) is 3.21. The zero-order chi connectivity index (χ0) is 20.9. The van der Waals surface area contributed by atoms with Gasteiger partial charge in [0.15, 0.2) is 0 Å². The molecule has 0 bridgehead atoms. The highest BCUT2D eigenvalue weighted by atomic mass is 32.2. The number of hydrogen-bond donors (Lipinski definition) is 4. The molecule has 3 heterocycles. The average molecular weight is 437 g/mol. The van der Waals surface area contributed by atoms with E-state index in [2.05, 4.69) is 5.32 Å². The van der Waals surface area contributed by atoms with Gasteiger partial charge >= 0.3 is 22.1 Å². The Hall–Kier alpha value is -1.90. The minimum Gasteiger partial charge on any atom is -0.479 e. The highest BCUT2D eigenvalue weighted by molar-refractivity contribution is 8.00. The first-order valence-corrected chi connectivity index (χ1v) is 11.0. The number of nitrogens with one attached hydrogen (secondary N) is 1. The molecule has 14 heteroatoms. The molecule has 156 valence electrons. The lowest BCUT2D eigenvalue weighted by Crippen LogP contribution is -2.61. The third-order valence-corrected chi connectivity index (χ3v) is 8.17. The number of carboxylic acid groups (broad SMARTS) is 1. The summed E-state index contributed by atoms with van der Waals surface area (Å²) in [7, 11) is -5.36. The molecule has 0 saturated carbocycles. The topological polar surface area (TPSA) is 182 Å². The smallest absolute Gasteiger partial charge is 0.348 e. The third-order valence-electron chi connectivity index (χ3n) is 5.26. The minimum atomic E-state index is -5.36. The number of amides is 4. The van der Waals surface area contributed by atoms with Crippen molar-refractivity contribution >= 4 is 45.7 Å². The largest absolute Gasteiger partial charge is 0.479 e. The zero-order valence-electron chi connectivity index (χ0n) is 14.5. The van der Waals surface area contributed by atoms with Crippen molar-refractivity contribution in [3.8, 4) is 0 Å². The summed E-state index contributed by atoms with van der Waals surface area (Å²) >= 11 is 1.42. The van der Waals surface area contributed by atoms with E-state index < -0.39 is 51.3 Å². The third kappa shape index (κ3) is 3.13. The highest BCUT2D eigenvalue weighted by Crippen LogP contribution is 2.39. The molecule has 3 aliphatic heterocycles. The Balaban J connectivity index is 1.80. The monoisotopic (exact) mass is 437 g/mol. The molecule has 3 saturated heterocycles. The summed E-state index contributed by atoms with van der Waals surface area (Å²) in [5.41, 5.74) is 0. The van der Waals surface area contributed by atoms with E-state index in [1.165, 1.54) is 11.8 Å². The molecule has 12 nitrogen and oxygen atoms in total. The summed E-state index contributed by atoms with van der Waals surface area (Å²) < 4.78 is 33.6. The molecule has 0 aliphatic carbocycles. The van der Waals surface area contributed by atoms with Crippen molar-refractivity contribution in [3.63, 3.8) is 0 Å². The maximum Gasteiger partial charge on any atom is 0.348 e. The maximum absolute atomic E-state index is 12.0. The molecule has 4 amide bonds. The summed E-state index contributed by atoms with van der Waals surface area (Å²) in [6, 6.07) is -1.50. The molecule has 1 unspecified atom stereocenters. The fourth-order valence-corrected chi connectivity index (χ4v) is 6.57. The van der Waals surface area contributed by atoms with Gasteiger partial charge in [0.1, 0.15) is 0 Å². The van der Waals surface area contributed by atoms with Crippen molar-refractivity contribution in [1.82, 2.24) is 15.3 Å². The number of imide groups is 1. The van der Waals surface area contributed by atoms with Gasteiger partial charge in [0.2, 0.25) is 11.8 Å². The van der Waals surface area contributed by atoms with Gasteiger partial charge in [0.25, 0.3) is 4.87 Å². The van der Waals surface area contributed by atoms with Crippen molar-refractivity contribution in [2.45, 2.75) is 54.3 Å². The number of carboxylic acids is 1. The number of urea groups is 1. The zero-order valence-corrected chi connectivity index (χ0v) is 16.1. The van der Waals surface area contributed by atoms with Crippen LogP contribution >= 0.6 is 11.8 Å². The second-order valence-corrected chi connectivity index (χ2v) is 9.74. The van der Waals surface area contributed by atoms with Crippen LogP contribution in [0, 0.1) is 0 Å². The van der Waals surface area contributed by atoms with Crippen LogP contribution in [0.2, 0.25) is 0 Å². The predicted octanol–water partition coefficient (Wildman–Crippen LogP) is -0.759. The number of hydroxylamine groups is 2. The Morgan fingerprint density at radius 3 is 2.39 bits per heavy atom. The van der Waals surface area contributed by atoms with Crippen LogP contribution in [-0.4, -0.2) is 85.0 Å². The Morgan fingerprint density at radius 1 is 1.25 bits per heavy atom. The summed E-state index contributed by atoms with van der Waals surface area (Å²) in [5, 5.41) is 22.3. The Kier molecular flexibility index (Phi) is 5.33. The van der Waals surface area contributed by atoms with Gasteiger partial charge < -0.3 is 10.4 Å². The molecule has 4 atom stereocenters. The van der Waals surface area contributed by atoms with E-state index in [0.717, 1.165) is 0 Å². The molecule has 0 aromatic rings. The first kappa shape index (κ1) is 20.8. The van der Waals surface area contributed by atoms with Crippen molar-refractivity contribution in [1.29, 1.82) is 0 Å². The van der Waals surface area contributed by atoms with E-state index in [9.17, 15) is 42.5 Å². The molecule has 0 spiro atoms. The molecular formula is C14H19N3O9S2. The lowest BCUT2D eigenvalue weighted by molar-refractivity contribution is -0.157. The lowest BCUT2D eigenvalue weighted by Gasteiger charge is -2.34. The molecule has 3 fully saturated rings. The van der Waals surface area contributed by atoms with Crippen LogP contribution in [0.15, 0.2) is 0 Å². The van der Waals surface area contributed by atoms with Gasteiger partial charge in [-0.3, -0.25) is 19.3 Å². The van der Waals surface area contributed by atoms with Crippen LogP contribution in [0.25, 0.3) is 0 Å². The van der Waals surface area contributed by atoms with Gasteiger partial charge in [-0.05, 0) is 19.3 Å². The summed E-state index contributed by atoms with van der Waals surface area (Å²) in [5.74, 6) is -3.46. The van der Waals surface area contributed by atoms with Crippen molar-refractivity contribution in [2.24, 2.45) is 0 Å². The fraction of sp³-hybridized carbons (Fsp3) is 0.714. The van der Waals surface area contributed by atoms with E-state index in [1.54, 1.807) is 0 Å². The highest BCUT2D eigenvalue weighted by Gasteiger charge is 2.61. The Labute approximate surface area is 163 Å². The number of nitrogens with zero attached hydrogens (tertiary/aromatic N) is 2. The van der Waals surface area contributed by atoms with Crippen LogP contribution in [0.1, 0.15) is 32.1 Å². The van der Waals surface area contributed by atoms with Gasteiger partial charge in [0.05, 0.1) is 12.1 Å². The van der Waals surface area contributed by atoms with E-state index in [4.69, 9.17) is 0 Å². The second kappa shape index (κ2) is 7.17. The number of rotatable bonds is 7. The molecule has 3 aliphatic rings. The van der Waals surface area contributed by atoms with Crippen LogP contribution < -0.4 is 5.32 Å². The number of carbonyl (C=O) groups is 4. The normalized spacial score (nSPS) is 29.8. The Bertz CT molecular complexity index is 816. The molecule has 0 aromatic heterocycles. The maximum atomic E-state index is 12.0. The minimum absolute atomic E-state index is 0.0912. The number of aliphatic carboxylic acids is 1. The van der Waals surface area contributed by atoms with Crippen LogP contribution in [0.4, 0.5) is 4.79 Å². The number of fused-ring (bicyclic) bond motifs is 1. The number of thioether (sulfide) groups is 1. The van der Waals surface area contributed by atoms with Crippen molar-refractivity contribution in [2.75, 3.05) is 5.75 Å². The molecule has 0 radical (unpaired) electrons. The van der Waals surface area contributed by atoms with Crippen LogP contribution in [-0.2, 0) is 24.5 Å². The summed E-state index contributed by atoms with van der Waals surface area (Å²) in [6.07, 6.45) is -1.28. The van der Waals surface area contributed by atoms with Crippen LogP contribution in [0.3, 0.4) is 0 Å². The standard InChI is InChI=1S/C14H19N3O9S2/c18-9-3-4-10(19)16(9)14(12(20)21,28(24,25)26)5-1-2-8-11-7(6-27-8)15-13(22)17(11)23/h7-8,11,23H,1-6H2,(H,15,22)(H,20,21)(H,24,25,26)/t7-,8-,11-,14?/m0/s1. The van der Waals surface area contributed by atoms with Gasteiger partial charge in [0, 0.05) is 23.8 Å². The van der Waals surface area contributed by atoms with E-state index in [-0.39, 0.29) is 41.9 Å². The molecule has 28 heavy (non-hydrogen) atoms. The predicted molar refractivity (Wildman–Crippen MR) is 92.8 cm³/mol. The lowest BCUT2D eigenvalue weighted by atomic mass is 10.0. The van der Waals surface area contributed by atoms with E-state index in [0.29, 0.717) is 10.8 Å². The van der Waals surface area contributed by atoms with E-state index >= 15 is 0 Å². The fourth-order valence-electron chi connectivity index (χ4n) is 3.94. The number of hydrogen-bond acceptors (Lipinski definition) is 8. The van der Waals surface area contributed by atoms with Gasteiger partial charge in [-0.15, -0.1) is 0 Å². The van der Waals surface area contributed by atoms with E-state index in [1.807, 2.05) is 0 Å². The van der Waals surface area contributed by atoms with Crippen molar-refractivity contribution in [3.05, 3.63) is 0 Å². The SMILES string of the molecule is O=C1N[C@H]2CS[C@@H](CCCC(C(=O)O)(N3C(=O)CCC3=O)S(=O)(=O)O)[C@H]2N1O. The first-order chi connectivity index (χ1) is 13.0. The molecule has 0 aromatic carbocycles. The van der Waals surface area contributed by atoms with Crippen molar-refractivity contribution < 1.29 is 42.5 Å². The Morgan fingerprint density at radius 2 is 1.86 bits per heavy atom. The summed E-state index contributed by atoms with van der Waals surface area (Å²) in [6.45, 7) is 0. The number of carbonyl (C=O) groups excluding carboxylic acids is 3. The van der Waals surface area contributed by atoms with Gasteiger partial charge in [-0.25, -0.2) is 14.5 Å². The molecule has 4 N–H and O–H groups in total. The molecule has 3 rings (SSSR count). The van der Waals surface area contributed by atoms with Gasteiger partial charge in [-0.2, -0.15) is 25.2 Å². The number of likely N-dealkylation sites (tertiary alicyclic amines) is 1. The quantitative estimate of drug-likeness (QED) is 0.171. The summed E-state index contributed by atoms with van der Waals surface area (Å²) in [4.78, 5) is 44.4. The second-order valence-electron chi connectivity index (χ2n) is 6.84. The molecular weight excluding hydrogens is 418 g/mol. The van der Waals surface area contributed by atoms with Gasteiger partial charge in [-0.1, -0.05) is 0 Å².